The van der Waals surface area contributed by atoms with Gasteiger partial charge in [0.2, 0.25) is 5.88 Å². The molecule has 0 aliphatic carbocycles. The summed E-state index contributed by atoms with van der Waals surface area (Å²) in [6.07, 6.45) is 1.61. The van der Waals surface area contributed by atoms with Gasteiger partial charge in [0.05, 0.1) is 18.4 Å². The first-order valence-electron chi connectivity index (χ1n) is 5.96. The van der Waals surface area contributed by atoms with Gasteiger partial charge in [0.15, 0.2) is 5.75 Å². The summed E-state index contributed by atoms with van der Waals surface area (Å²) in [5, 5.41) is 12.4. The maximum absolute atomic E-state index is 11.9. The maximum Gasteiger partial charge on any atom is 0.255 e. The van der Waals surface area contributed by atoms with Crippen LogP contribution in [-0.4, -0.2) is 23.1 Å². The molecule has 104 valence electrons. The number of aromatic hydroxyl groups is 1. The second-order valence-electron chi connectivity index (χ2n) is 4.13. The van der Waals surface area contributed by atoms with E-state index in [1.165, 1.54) is 19.2 Å². The number of anilines is 1. The number of hydrogen-bond donors (Lipinski definition) is 3. The van der Waals surface area contributed by atoms with Crippen LogP contribution in [0.15, 0.2) is 36.5 Å². The largest absolute Gasteiger partial charge is 0.505 e. The Bertz CT molecular complexity index is 612. The molecule has 2 aromatic rings. The molecule has 1 amide bonds. The summed E-state index contributed by atoms with van der Waals surface area (Å²) in [7, 11) is 1.53. The average Bonchev–Trinajstić information content (AvgIpc) is 2.48. The van der Waals surface area contributed by atoms with Crippen molar-refractivity contribution >= 4 is 11.6 Å². The minimum absolute atomic E-state index is 0.145. The van der Waals surface area contributed by atoms with Crippen molar-refractivity contribution in [3.05, 3.63) is 47.7 Å². The van der Waals surface area contributed by atoms with E-state index >= 15 is 0 Å². The van der Waals surface area contributed by atoms with Gasteiger partial charge in [-0.25, -0.2) is 4.98 Å². The van der Waals surface area contributed by atoms with E-state index < -0.39 is 5.91 Å². The number of phenols is 1. The second kappa shape index (κ2) is 5.92. The van der Waals surface area contributed by atoms with E-state index in [1.54, 1.807) is 24.4 Å². The van der Waals surface area contributed by atoms with Crippen molar-refractivity contribution in [1.82, 2.24) is 10.3 Å². The van der Waals surface area contributed by atoms with Gasteiger partial charge in [-0.1, -0.05) is 12.1 Å². The summed E-state index contributed by atoms with van der Waals surface area (Å²) in [4.78, 5) is 16.0. The number of para-hydroxylation sites is 1. The molecule has 6 nitrogen and oxygen atoms in total. The fourth-order valence-corrected chi connectivity index (χ4v) is 1.66. The van der Waals surface area contributed by atoms with Gasteiger partial charge in [-0.15, -0.1) is 0 Å². The van der Waals surface area contributed by atoms with Crippen molar-refractivity contribution in [1.29, 1.82) is 0 Å². The van der Waals surface area contributed by atoms with E-state index in [0.717, 1.165) is 5.56 Å². The number of nitrogens with one attached hydrogen (secondary N) is 1. The molecule has 2 rings (SSSR count). The van der Waals surface area contributed by atoms with E-state index in [4.69, 9.17) is 10.5 Å². The van der Waals surface area contributed by atoms with Gasteiger partial charge < -0.3 is 20.9 Å². The highest BCUT2D eigenvalue weighted by Crippen LogP contribution is 2.24. The number of methoxy groups -OCH3 is 1. The Hall–Kier alpha value is -2.76. The minimum Gasteiger partial charge on any atom is -0.505 e. The number of nitrogens with zero attached hydrogens (tertiary/aromatic N) is 1. The van der Waals surface area contributed by atoms with Gasteiger partial charge in [-0.3, -0.25) is 4.79 Å². The van der Waals surface area contributed by atoms with E-state index in [0.29, 0.717) is 12.4 Å². The van der Waals surface area contributed by atoms with Crippen LogP contribution in [0.3, 0.4) is 0 Å². The molecule has 0 aliphatic rings. The van der Waals surface area contributed by atoms with Gasteiger partial charge in [-0.05, 0) is 17.7 Å². The van der Waals surface area contributed by atoms with Crippen molar-refractivity contribution in [3.63, 3.8) is 0 Å². The lowest BCUT2D eigenvalue weighted by atomic mass is 10.1. The molecule has 20 heavy (non-hydrogen) atoms. The lowest BCUT2D eigenvalue weighted by molar-refractivity contribution is 0.0948. The fourth-order valence-electron chi connectivity index (χ4n) is 1.66. The number of hydrogen-bond acceptors (Lipinski definition) is 5. The molecule has 0 unspecified atom stereocenters. The summed E-state index contributed by atoms with van der Waals surface area (Å²) < 4.78 is 4.95. The Balaban J connectivity index is 2.02. The monoisotopic (exact) mass is 273 g/mol. The highest BCUT2D eigenvalue weighted by atomic mass is 16.5. The van der Waals surface area contributed by atoms with Gasteiger partial charge in [0.25, 0.3) is 5.91 Å². The molecule has 1 aromatic heterocycles. The average molecular weight is 273 g/mol. The summed E-state index contributed by atoms with van der Waals surface area (Å²) in [6, 6.07) is 8.15. The van der Waals surface area contributed by atoms with E-state index in [9.17, 15) is 9.90 Å². The van der Waals surface area contributed by atoms with Crippen LogP contribution in [0.4, 0.5) is 5.69 Å². The quantitative estimate of drug-likeness (QED) is 0.576. The molecule has 0 atom stereocenters. The Kier molecular flexibility index (Phi) is 4.05. The second-order valence-corrected chi connectivity index (χ2v) is 4.13. The summed E-state index contributed by atoms with van der Waals surface area (Å²) in [5.74, 6) is -0.1000. The molecule has 0 aliphatic heterocycles. The molecule has 1 aromatic carbocycles. The molecule has 0 fully saturated rings. The molecule has 0 saturated heterocycles. The van der Waals surface area contributed by atoms with Crippen LogP contribution >= 0.6 is 0 Å². The Morgan fingerprint density at radius 1 is 1.40 bits per heavy atom. The number of carbonyl (C=O) groups is 1. The van der Waals surface area contributed by atoms with Crippen molar-refractivity contribution in [2.24, 2.45) is 0 Å². The topological polar surface area (TPSA) is 97.5 Å². The number of pyridine rings is 1. The van der Waals surface area contributed by atoms with E-state index in [1.807, 2.05) is 0 Å². The number of benzene rings is 1. The number of phenolic OH excluding ortho intramolecular Hbond substituents is 1. The first kappa shape index (κ1) is 13.7. The number of nitrogen functional groups attached to an aromatic ring is 1. The van der Waals surface area contributed by atoms with Crippen LogP contribution in [-0.2, 0) is 6.54 Å². The number of aromatic nitrogens is 1. The first-order valence-corrected chi connectivity index (χ1v) is 5.96. The molecular formula is C14H15N3O3. The van der Waals surface area contributed by atoms with Crippen molar-refractivity contribution in [2.75, 3.05) is 12.8 Å². The van der Waals surface area contributed by atoms with Gasteiger partial charge >= 0.3 is 0 Å². The summed E-state index contributed by atoms with van der Waals surface area (Å²) in [5.41, 5.74) is 6.68. The number of nitrogens with two attached hydrogens (primary N) is 1. The highest BCUT2D eigenvalue weighted by Gasteiger charge is 2.12. The van der Waals surface area contributed by atoms with Crippen molar-refractivity contribution in [2.45, 2.75) is 6.54 Å². The number of amides is 1. The Labute approximate surface area is 116 Å². The zero-order valence-electron chi connectivity index (χ0n) is 11.0. The van der Waals surface area contributed by atoms with Gasteiger partial charge in [-0.2, -0.15) is 0 Å². The highest BCUT2D eigenvalue weighted by molar-refractivity contribution is 5.98. The number of rotatable bonds is 4. The third-order valence-corrected chi connectivity index (χ3v) is 2.77. The molecule has 1 heterocycles. The van der Waals surface area contributed by atoms with Crippen molar-refractivity contribution in [3.8, 4) is 11.6 Å². The molecule has 4 N–H and O–H groups in total. The van der Waals surface area contributed by atoms with Gasteiger partial charge in [0, 0.05) is 18.8 Å². The fraction of sp³-hybridized carbons (Fsp3) is 0.143. The van der Waals surface area contributed by atoms with Crippen LogP contribution in [0, 0.1) is 0 Å². The molecular weight excluding hydrogens is 258 g/mol. The molecule has 6 heteroatoms. The molecule has 0 radical (unpaired) electrons. The number of ether oxygens (including phenoxy) is 1. The minimum atomic E-state index is -0.398. The lowest BCUT2D eigenvalue weighted by Crippen LogP contribution is -2.23. The zero-order chi connectivity index (χ0) is 14.5. The normalized spacial score (nSPS) is 10.1. The van der Waals surface area contributed by atoms with Gasteiger partial charge in [0.1, 0.15) is 0 Å². The smallest absolute Gasteiger partial charge is 0.255 e. The SMILES string of the molecule is COc1ccc(CNC(=O)c2cccc(N)c2O)cn1. The Morgan fingerprint density at radius 2 is 2.20 bits per heavy atom. The summed E-state index contributed by atoms with van der Waals surface area (Å²) in [6.45, 7) is 0.296. The van der Waals surface area contributed by atoms with Crippen LogP contribution in [0.5, 0.6) is 11.6 Å². The predicted octanol–water partition coefficient (Wildman–Crippen LogP) is 1.31. The van der Waals surface area contributed by atoms with Crippen LogP contribution in [0.25, 0.3) is 0 Å². The third kappa shape index (κ3) is 2.97. The number of carbonyl (C=O) groups excluding carboxylic acids is 1. The summed E-state index contributed by atoms with van der Waals surface area (Å²) >= 11 is 0. The molecule has 0 saturated carbocycles. The third-order valence-electron chi connectivity index (χ3n) is 2.77. The lowest BCUT2D eigenvalue weighted by Gasteiger charge is -2.08. The van der Waals surface area contributed by atoms with Crippen LogP contribution in [0.2, 0.25) is 0 Å². The van der Waals surface area contributed by atoms with Crippen LogP contribution in [0.1, 0.15) is 15.9 Å². The van der Waals surface area contributed by atoms with Crippen molar-refractivity contribution < 1.29 is 14.6 Å². The van der Waals surface area contributed by atoms with Crippen LogP contribution < -0.4 is 15.8 Å². The molecule has 0 spiro atoms. The Morgan fingerprint density at radius 3 is 2.85 bits per heavy atom. The molecule has 0 bridgehead atoms. The van der Waals surface area contributed by atoms with E-state index in [2.05, 4.69) is 10.3 Å². The standard InChI is InChI=1S/C14H15N3O3/c1-20-12-6-5-9(7-16-12)8-17-14(19)10-3-2-4-11(15)13(10)18/h2-7,18H,8,15H2,1H3,(H,17,19). The predicted molar refractivity (Wildman–Crippen MR) is 74.5 cm³/mol. The zero-order valence-corrected chi connectivity index (χ0v) is 11.0. The van der Waals surface area contributed by atoms with E-state index in [-0.39, 0.29) is 17.0 Å². The maximum atomic E-state index is 11.9. The first-order chi connectivity index (χ1) is 9.61.